The maximum atomic E-state index is 9.07. The van der Waals surface area contributed by atoms with Crippen LogP contribution in [0.25, 0.3) is 0 Å². The Hall–Kier alpha value is -0.860. The smallest absolute Gasteiger partial charge is 0.0471 e. The van der Waals surface area contributed by atoms with Gasteiger partial charge in [0.2, 0.25) is 0 Å². The molecule has 1 saturated carbocycles. The van der Waals surface area contributed by atoms with E-state index in [9.17, 15) is 0 Å². The standard InChI is InChI=1S/C15H23NO/c1-11(10-17)12(2)16-9-13-3-5-14(6-4-13)15-7-8-15/h3-6,11-12,15-17H,7-10H2,1-2H3. The van der Waals surface area contributed by atoms with Crippen LogP contribution in [0, 0.1) is 5.92 Å². The minimum atomic E-state index is 0.245. The van der Waals surface area contributed by atoms with E-state index in [0.29, 0.717) is 12.0 Å². The van der Waals surface area contributed by atoms with Gasteiger partial charge in [-0.15, -0.1) is 0 Å². The molecule has 2 unspecified atom stereocenters. The lowest BCUT2D eigenvalue weighted by Gasteiger charge is -2.19. The third kappa shape index (κ3) is 3.55. The highest BCUT2D eigenvalue weighted by molar-refractivity contribution is 5.27. The molecule has 1 fully saturated rings. The summed E-state index contributed by atoms with van der Waals surface area (Å²) in [5.41, 5.74) is 2.82. The second-order valence-electron chi connectivity index (χ2n) is 5.35. The molecule has 2 atom stereocenters. The zero-order chi connectivity index (χ0) is 12.3. The van der Waals surface area contributed by atoms with Crippen molar-refractivity contribution in [1.29, 1.82) is 0 Å². The highest BCUT2D eigenvalue weighted by atomic mass is 16.3. The summed E-state index contributed by atoms with van der Waals surface area (Å²) >= 11 is 0. The van der Waals surface area contributed by atoms with Crippen LogP contribution >= 0.6 is 0 Å². The molecule has 1 aliphatic rings. The number of hydrogen-bond donors (Lipinski definition) is 2. The summed E-state index contributed by atoms with van der Waals surface area (Å²) in [4.78, 5) is 0. The molecule has 0 aliphatic heterocycles. The summed E-state index contributed by atoms with van der Waals surface area (Å²) in [6, 6.07) is 9.31. The van der Waals surface area contributed by atoms with Gasteiger partial charge in [0, 0.05) is 19.2 Å². The van der Waals surface area contributed by atoms with Crippen LogP contribution in [0.5, 0.6) is 0 Å². The third-order valence-corrected chi connectivity index (χ3v) is 3.80. The average Bonchev–Trinajstić information content (AvgIpc) is 3.20. The normalized spacial score (nSPS) is 19.0. The van der Waals surface area contributed by atoms with Gasteiger partial charge in [0.15, 0.2) is 0 Å². The monoisotopic (exact) mass is 233 g/mol. The average molecular weight is 233 g/mol. The molecule has 0 aromatic heterocycles. The lowest BCUT2D eigenvalue weighted by molar-refractivity contribution is 0.207. The van der Waals surface area contributed by atoms with E-state index in [1.807, 2.05) is 0 Å². The van der Waals surface area contributed by atoms with Crippen molar-refractivity contribution >= 4 is 0 Å². The summed E-state index contributed by atoms with van der Waals surface area (Å²) in [7, 11) is 0. The minimum absolute atomic E-state index is 0.245. The second kappa shape index (κ2) is 5.65. The Bertz CT molecular complexity index is 342. The first kappa shape index (κ1) is 12.6. The van der Waals surface area contributed by atoms with Crippen molar-refractivity contribution in [3.8, 4) is 0 Å². The van der Waals surface area contributed by atoms with Gasteiger partial charge in [-0.1, -0.05) is 31.2 Å². The molecule has 1 aromatic carbocycles. The van der Waals surface area contributed by atoms with Crippen molar-refractivity contribution in [1.82, 2.24) is 5.32 Å². The molecule has 0 spiro atoms. The zero-order valence-corrected chi connectivity index (χ0v) is 10.8. The van der Waals surface area contributed by atoms with Crippen molar-refractivity contribution in [2.75, 3.05) is 6.61 Å². The fourth-order valence-corrected chi connectivity index (χ4v) is 1.96. The van der Waals surface area contributed by atoms with Gasteiger partial charge in [0.05, 0.1) is 0 Å². The van der Waals surface area contributed by atoms with E-state index in [2.05, 4.69) is 43.4 Å². The minimum Gasteiger partial charge on any atom is -0.396 e. The molecular weight excluding hydrogens is 210 g/mol. The lowest BCUT2D eigenvalue weighted by atomic mass is 10.0. The van der Waals surface area contributed by atoms with Crippen LogP contribution in [-0.4, -0.2) is 17.8 Å². The fourth-order valence-electron chi connectivity index (χ4n) is 1.96. The van der Waals surface area contributed by atoms with Crippen LogP contribution in [0.1, 0.15) is 43.7 Å². The number of hydrogen-bond acceptors (Lipinski definition) is 2. The van der Waals surface area contributed by atoms with E-state index in [1.165, 1.54) is 24.0 Å². The Kier molecular flexibility index (Phi) is 4.19. The first-order valence-electron chi connectivity index (χ1n) is 6.63. The molecule has 1 aliphatic carbocycles. The highest BCUT2D eigenvalue weighted by Gasteiger charge is 2.22. The summed E-state index contributed by atoms with van der Waals surface area (Å²) in [5.74, 6) is 1.14. The zero-order valence-electron chi connectivity index (χ0n) is 10.8. The quantitative estimate of drug-likeness (QED) is 0.791. The van der Waals surface area contributed by atoms with Crippen LogP contribution < -0.4 is 5.32 Å². The van der Waals surface area contributed by atoms with E-state index in [0.717, 1.165) is 12.5 Å². The molecule has 1 aromatic rings. The molecule has 2 nitrogen and oxygen atoms in total. The van der Waals surface area contributed by atoms with E-state index in [4.69, 9.17) is 5.11 Å². The molecule has 17 heavy (non-hydrogen) atoms. The van der Waals surface area contributed by atoms with Crippen LogP contribution in [-0.2, 0) is 6.54 Å². The number of nitrogens with one attached hydrogen (secondary N) is 1. The molecule has 0 saturated heterocycles. The molecule has 0 radical (unpaired) electrons. The van der Waals surface area contributed by atoms with Crippen molar-refractivity contribution in [2.45, 2.75) is 45.2 Å². The summed E-state index contributed by atoms with van der Waals surface area (Å²) in [6.07, 6.45) is 2.73. The molecule has 0 bridgehead atoms. The van der Waals surface area contributed by atoms with Crippen molar-refractivity contribution in [3.05, 3.63) is 35.4 Å². The lowest BCUT2D eigenvalue weighted by Crippen LogP contribution is -2.33. The number of benzene rings is 1. The Labute approximate surface area is 104 Å². The predicted molar refractivity (Wildman–Crippen MR) is 71.0 cm³/mol. The van der Waals surface area contributed by atoms with Crippen molar-refractivity contribution in [2.24, 2.45) is 5.92 Å². The number of rotatable bonds is 6. The highest BCUT2D eigenvalue weighted by Crippen LogP contribution is 2.39. The van der Waals surface area contributed by atoms with Crippen molar-refractivity contribution < 1.29 is 5.11 Å². The fraction of sp³-hybridized carbons (Fsp3) is 0.600. The maximum absolute atomic E-state index is 9.07. The van der Waals surface area contributed by atoms with Gasteiger partial charge in [-0.3, -0.25) is 0 Å². The van der Waals surface area contributed by atoms with Gasteiger partial charge in [-0.05, 0) is 42.7 Å². The van der Waals surface area contributed by atoms with E-state index in [-0.39, 0.29) is 6.61 Å². The Morgan fingerprint density at radius 2 is 1.88 bits per heavy atom. The molecule has 2 rings (SSSR count). The molecule has 0 amide bonds. The van der Waals surface area contributed by atoms with Gasteiger partial charge in [0.1, 0.15) is 0 Å². The second-order valence-corrected chi connectivity index (χ2v) is 5.35. The number of aliphatic hydroxyl groups is 1. The van der Waals surface area contributed by atoms with E-state index >= 15 is 0 Å². The molecule has 94 valence electrons. The molecular formula is C15H23NO. The van der Waals surface area contributed by atoms with Crippen LogP contribution in [0.3, 0.4) is 0 Å². The maximum Gasteiger partial charge on any atom is 0.0471 e. The van der Waals surface area contributed by atoms with Crippen LogP contribution in [0.15, 0.2) is 24.3 Å². The van der Waals surface area contributed by atoms with Crippen molar-refractivity contribution in [3.63, 3.8) is 0 Å². The molecule has 0 heterocycles. The van der Waals surface area contributed by atoms with E-state index in [1.54, 1.807) is 0 Å². The Morgan fingerprint density at radius 1 is 1.24 bits per heavy atom. The van der Waals surface area contributed by atoms with Gasteiger partial charge in [-0.25, -0.2) is 0 Å². The summed E-state index contributed by atoms with van der Waals surface area (Å²) < 4.78 is 0. The SMILES string of the molecule is CC(CO)C(C)NCc1ccc(C2CC2)cc1. The molecule has 2 N–H and O–H groups in total. The predicted octanol–water partition coefficient (Wildman–Crippen LogP) is 2.67. The van der Waals surface area contributed by atoms with Gasteiger partial charge >= 0.3 is 0 Å². The van der Waals surface area contributed by atoms with Gasteiger partial charge in [-0.2, -0.15) is 0 Å². The number of aliphatic hydroxyl groups excluding tert-OH is 1. The topological polar surface area (TPSA) is 32.3 Å². The first-order chi connectivity index (χ1) is 8.20. The van der Waals surface area contributed by atoms with Crippen LogP contribution in [0.2, 0.25) is 0 Å². The Balaban J connectivity index is 1.82. The summed E-state index contributed by atoms with van der Waals surface area (Å²) in [6.45, 7) is 5.32. The molecule has 2 heteroatoms. The van der Waals surface area contributed by atoms with Crippen LogP contribution in [0.4, 0.5) is 0 Å². The first-order valence-corrected chi connectivity index (χ1v) is 6.63. The van der Waals surface area contributed by atoms with Gasteiger partial charge in [0.25, 0.3) is 0 Å². The Morgan fingerprint density at radius 3 is 2.41 bits per heavy atom. The van der Waals surface area contributed by atoms with E-state index < -0.39 is 0 Å². The van der Waals surface area contributed by atoms with Gasteiger partial charge < -0.3 is 10.4 Å². The third-order valence-electron chi connectivity index (χ3n) is 3.80. The largest absolute Gasteiger partial charge is 0.396 e. The summed E-state index contributed by atoms with van der Waals surface area (Å²) in [5, 5.41) is 12.5.